The Kier molecular flexibility index (Phi) is 6.30. The summed E-state index contributed by atoms with van der Waals surface area (Å²) in [7, 11) is 0. The van der Waals surface area contributed by atoms with Crippen LogP contribution < -0.4 is 11.2 Å². The van der Waals surface area contributed by atoms with E-state index in [0.717, 1.165) is 43.4 Å². The largest absolute Gasteiger partial charge is 0.480 e. The van der Waals surface area contributed by atoms with Crippen molar-refractivity contribution in [2.45, 2.75) is 108 Å². The first-order valence-electron chi connectivity index (χ1n) is 14.1. The molecular formula is C29H39N3O4. The number of piperidine rings is 2. The lowest BCUT2D eigenvalue weighted by atomic mass is 9.73. The highest BCUT2D eigenvalue weighted by atomic mass is 16.4. The van der Waals surface area contributed by atoms with Gasteiger partial charge >= 0.3 is 11.7 Å². The second-order valence-corrected chi connectivity index (χ2v) is 12.3. The highest BCUT2D eigenvalue weighted by Gasteiger charge is 2.45. The Balaban J connectivity index is 1.33. The molecule has 6 atom stereocenters. The molecule has 2 saturated heterocycles. The van der Waals surface area contributed by atoms with Crippen LogP contribution in [0, 0.1) is 17.8 Å². The molecule has 4 bridgehead atoms. The predicted octanol–water partition coefficient (Wildman–Crippen LogP) is 4.41. The number of para-hydroxylation sites is 1. The molecule has 6 unspecified atom stereocenters. The number of carboxylic acids is 1. The topological polar surface area (TPSA) is 84.5 Å². The van der Waals surface area contributed by atoms with Crippen LogP contribution in [-0.2, 0) is 11.3 Å². The number of carboxylic acid groups (broad SMARTS) is 1. The maximum absolute atomic E-state index is 13.6. The molecule has 1 aromatic carbocycles. The summed E-state index contributed by atoms with van der Waals surface area (Å²) in [6.45, 7) is 1.99. The van der Waals surface area contributed by atoms with E-state index >= 15 is 0 Å². The van der Waals surface area contributed by atoms with E-state index in [2.05, 4.69) is 11.8 Å². The summed E-state index contributed by atoms with van der Waals surface area (Å²) in [6, 6.07) is 8.17. The Morgan fingerprint density at radius 1 is 0.861 bits per heavy atom. The summed E-state index contributed by atoms with van der Waals surface area (Å²) in [4.78, 5) is 41.6. The van der Waals surface area contributed by atoms with Crippen LogP contribution in [0.2, 0.25) is 0 Å². The van der Waals surface area contributed by atoms with Gasteiger partial charge in [0.2, 0.25) is 0 Å². The first kappa shape index (κ1) is 24.0. The van der Waals surface area contributed by atoms with Crippen molar-refractivity contribution in [1.29, 1.82) is 0 Å². The molecule has 6 rings (SSSR count). The summed E-state index contributed by atoms with van der Waals surface area (Å²) in [5, 5.41) is 9.91. The summed E-state index contributed by atoms with van der Waals surface area (Å²) < 4.78 is 2.68. The van der Waals surface area contributed by atoms with Crippen molar-refractivity contribution >= 4 is 16.9 Å². The van der Waals surface area contributed by atoms with E-state index in [1.807, 2.05) is 0 Å². The average molecular weight is 494 g/mol. The predicted molar refractivity (Wildman–Crippen MR) is 139 cm³/mol. The lowest BCUT2D eigenvalue weighted by Crippen LogP contribution is -2.59. The van der Waals surface area contributed by atoms with E-state index in [-0.39, 0.29) is 11.6 Å². The van der Waals surface area contributed by atoms with Gasteiger partial charge in [0.25, 0.3) is 5.56 Å². The zero-order chi connectivity index (χ0) is 25.0. The summed E-state index contributed by atoms with van der Waals surface area (Å²) in [5.74, 6) is 1.46. The summed E-state index contributed by atoms with van der Waals surface area (Å²) >= 11 is 0. The molecule has 1 N–H and O–H groups in total. The van der Waals surface area contributed by atoms with Crippen LogP contribution in [0.5, 0.6) is 0 Å². The molecule has 2 aliphatic heterocycles. The Morgan fingerprint density at radius 3 is 2.33 bits per heavy atom. The minimum atomic E-state index is -1.08. The van der Waals surface area contributed by atoms with Gasteiger partial charge in [-0.1, -0.05) is 38.3 Å². The van der Waals surface area contributed by atoms with Gasteiger partial charge in [0.1, 0.15) is 6.54 Å². The van der Waals surface area contributed by atoms with Crippen molar-refractivity contribution < 1.29 is 9.90 Å². The molecule has 1 aromatic heterocycles. The Morgan fingerprint density at radius 2 is 1.58 bits per heavy atom. The third kappa shape index (κ3) is 4.23. The number of hydrogen-bond donors (Lipinski definition) is 1. The van der Waals surface area contributed by atoms with E-state index in [9.17, 15) is 19.5 Å². The van der Waals surface area contributed by atoms with Crippen LogP contribution in [0.1, 0.15) is 83.6 Å². The standard InChI is InChI=1S/C29H39N3O4/c1-18-9-10-19-12-20(11-18)14-23(13-19)31-21-5-4-6-22(31)16-24(15-21)32-28(35)25-7-2-3-8-26(25)30(29(32)36)17-27(33)34/h2-3,7-8,18-24H,4-6,9-17H2,1H3,(H,33,34). The number of nitrogens with zero attached hydrogens (tertiary/aromatic N) is 3. The third-order valence-corrected chi connectivity index (χ3v) is 9.85. The maximum atomic E-state index is 13.6. The fourth-order valence-corrected chi connectivity index (χ4v) is 8.55. The second kappa shape index (κ2) is 9.47. The smallest absolute Gasteiger partial charge is 0.332 e. The zero-order valence-electron chi connectivity index (χ0n) is 21.3. The molecule has 3 heterocycles. The van der Waals surface area contributed by atoms with Crippen LogP contribution in [0.25, 0.3) is 10.9 Å². The van der Waals surface area contributed by atoms with E-state index < -0.39 is 18.2 Å². The van der Waals surface area contributed by atoms with Crippen LogP contribution in [0.15, 0.2) is 33.9 Å². The Hall–Kier alpha value is -2.41. The van der Waals surface area contributed by atoms with Crippen molar-refractivity contribution in [2.24, 2.45) is 17.8 Å². The van der Waals surface area contributed by atoms with E-state index in [4.69, 9.17) is 0 Å². The fourth-order valence-electron chi connectivity index (χ4n) is 8.55. The lowest BCUT2D eigenvalue weighted by molar-refractivity contribution is -0.137. The van der Waals surface area contributed by atoms with Gasteiger partial charge in [-0.15, -0.1) is 0 Å². The van der Waals surface area contributed by atoms with Crippen molar-refractivity contribution in [3.05, 3.63) is 45.1 Å². The number of hydrogen-bond acceptors (Lipinski definition) is 4. The van der Waals surface area contributed by atoms with Crippen LogP contribution in [0.4, 0.5) is 0 Å². The van der Waals surface area contributed by atoms with Gasteiger partial charge < -0.3 is 5.11 Å². The van der Waals surface area contributed by atoms with Crippen molar-refractivity contribution in [2.75, 3.05) is 0 Å². The van der Waals surface area contributed by atoms with Gasteiger partial charge in [0, 0.05) is 24.2 Å². The van der Waals surface area contributed by atoms with Gasteiger partial charge in [-0.05, 0) is 81.3 Å². The molecule has 36 heavy (non-hydrogen) atoms. The van der Waals surface area contributed by atoms with Crippen LogP contribution in [-0.4, -0.2) is 43.2 Å². The molecule has 4 fully saturated rings. The normalized spacial score (nSPS) is 34.9. The van der Waals surface area contributed by atoms with Gasteiger partial charge in [-0.2, -0.15) is 0 Å². The monoisotopic (exact) mass is 493 g/mol. The molecule has 2 saturated carbocycles. The van der Waals surface area contributed by atoms with Gasteiger partial charge in [-0.3, -0.25) is 23.6 Å². The van der Waals surface area contributed by atoms with E-state index in [1.165, 1.54) is 54.1 Å². The molecule has 4 aliphatic rings. The minimum Gasteiger partial charge on any atom is -0.480 e. The molecule has 2 aromatic rings. The number of aliphatic carboxylic acids is 1. The summed E-state index contributed by atoms with van der Waals surface area (Å²) in [6.07, 6.45) is 13.2. The average Bonchev–Trinajstić information content (AvgIpc) is 2.97. The molecule has 0 amide bonds. The molecule has 0 spiro atoms. The van der Waals surface area contributed by atoms with E-state index in [0.29, 0.717) is 29.0 Å². The first-order chi connectivity index (χ1) is 17.4. The molecule has 2 aliphatic carbocycles. The molecular weight excluding hydrogens is 454 g/mol. The van der Waals surface area contributed by atoms with E-state index in [1.54, 1.807) is 24.3 Å². The van der Waals surface area contributed by atoms with Crippen LogP contribution in [0.3, 0.4) is 0 Å². The molecule has 7 nitrogen and oxygen atoms in total. The molecule has 0 radical (unpaired) electrons. The zero-order valence-corrected chi connectivity index (χ0v) is 21.3. The number of benzene rings is 1. The fraction of sp³-hybridized carbons (Fsp3) is 0.690. The Labute approximate surface area is 212 Å². The maximum Gasteiger partial charge on any atom is 0.332 e. The minimum absolute atomic E-state index is 0.174. The third-order valence-electron chi connectivity index (χ3n) is 9.85. The van der Waals surface area contributed by atoms with Gasteiger partial charge in [0.05, 0.1) is 10.9 Å². The molecule has 7 heteroatoms. The highest BCUT2D eigenvalue weighted by Crippen LogP contribution is 2.47. The Bertz CT molecular complexity index is 1250. The van der Waals surface area contributed by atoms with Crippen molar-refractivity contribution in [1.82, 2.24) is 14.0 Å². The second-order valence-electron chi connectivity index (χ2n) is 12.3. The number of fused-ring (bicyclic) bond motifs is 5. The number of aromatic nitrogens is 2. The van der Waals surface area contributed by atoms with Gasteiger partial charge in [0.15, 0.2) is 0 Å². The van der Waals surface area contributed by atoms with Crippen molar-refractivity contribution in [3.8, 4) is 0 Å². The summed E-state index contributed by atoms with van der Waals surface area (Å²) in [5.41, 5.74) is -0.343. The lowest BCUT2D eigenvalue weighted by Gasteiger charge is -2.54. The quantitative estimate of drug-likeness (QED) is 0.682. The number of carbonyl (C=O) groups is 1. The van der Waals surface area contributed by atoms with Gasteiger partial charge in [-0.25, -0.2) is 4.79 Å². The van der Waals surface area contributed by atoms with Crippen molar-refractivity contribution in [3.63, 3.8) is 0 Å². The number of rotatable bonds is 4. The molecule has 194 valence electrons. The highest BCUT2D eigenvalue weighted by molar-refractivity contribution is 5.79. The first-order valence-corrected chi connectivity index (χ1v) is 14.1. The SMILES string of the molecule is CC1CCC2CC(C1)CC(N1C3CCCC1CC(n1c(=O)c4ccccc4n(CC(=O)O)c1=O)C3)C2. The van der Waals surface area contributed by atoms with Crippen LogP contribution >= 0.6 is 0 Å².